The molecule has 5 nitrogen and oxygen atoms in total. The summed E-state index contributed by atoms with van der Waals surface area (Å²) in [7, 11) is 0. The molecule has 1 saturated heterocycles. The summed E-state index contributed by atoms with van der Waals surface area (Å²) in [5, 5.41) is 20.3. The highest BCUT2D eigenvalue weighted by Crippen LogP contribution is 2.48. The van der Waals surface area contributed by atoms with Crippen LogP contribution in [0.1, 0.15) is 0 Å². The Hall–Kier alpha value is -2.15. The topological polar surface area (TPSA) is 62.2 Å². The molecule has 0 aliphatic carbocycles. The third-order valence-electron chi connectivity index (χ3n) is 4.22. The summed E-state index contributed by atoms with van der Waals surface area (Å²) in [5.41, 5.74) is 1.21. The smallest absolute Gasteiger partial charge is 0.151 e. The number of benzene rings is 2. The van der Waals surface area contributed by atoms with Gasteiger partial charge in [0.25, 0.3) is 0 Å². The Morgan fingerprint density at radius 1 is 1.00 bits per heavy atom. The maximum absolute atomic E-state index is 13.8. The van der Waals surface area contributed by atoms with E-state index in [1.54, 1.807) is 17.0 Å². The van der Waals surface area contributed by atoms with E-state index in [0.717, 1.165) is 0 Å². The van der Waals surface area contributed by atoms with Gasteiger partial charge in [0.15, 0.2) is 11.5 Å². The third kappa shape index (κ3) is 2.35. The van der Waals surface area contributed by atoms with E-state index >= 15 is 0 Å². The van der Waals surface area contributed by atoms with Crippen LogP contribution in [0.15, 0.2) is 42.5 Å². The number of anilines is 2. The van der Waals surface area contributed by atoms with Crippen molar-refractivity contribution in [2.24, 2.45) is 0 Å². The molecule has 2 aliphatic rings. The van der Waals surface area contributed by atoms with Gasteiger partial charge in [0.1, 0.15) is 18.0 Å². The Balaban J connectivity index is 1.86. The first-order chi connectivity index (χ1) is 11.1. The number of fused-ring (bicyclic) bond motifs is 2. The van der Waals surface area contributed by atoms with Crippen molar-refractivity contribution in [1.82, 2.24) is 0 Å². The average Bonchev–Trinajstić information content (AvgIpc) is 2.56. The van der Waals surface area contributed by atoms with Gasteiger partial charge in [-0.2, -0.15) is 0 Å². The van der Waals surface area contributed by atoms with Crippen molar-refractivity contribution in [2.45, 2.75) is 18.2 Å². The fourth-order valence-corrected chi connectivity index (χ4v) is 3.10. The lowest BCUT2D eigenvalue weighted by atomic mass is 9.99. The molecule has 0 aromatic heterocycles. The number of ether oxygens (including phenoxy) is 2. The second-order valence-corrected chi connectivity index (χ2v) is 5.71. The van der Waals surface area contributed by atoms with Crippen molar-refractivity contribution in [1.29, 1.82) is 0 Å². The fourth-order valence-electron chi connectivity index (χ4n) is 3.10. The molecule has 2 unspecified atom stereocenters. The van der Waals surface area contributed by atoms with Gasteiger partial charge >= 0.3 is 0 Å². The lowest BCUT2D eigenvalue weighted by Gasteiger charge is -2.43. The summed E-state index contributed by atoms with van der Waals surface area (Å²) < 4.78 is 25.0. The molecule has 6 heteroatoms. The van der Waals surface area contributed by atoms with Crippen LogP contribution in [-0.2, 0) is 4.74 Å². The van der Waals surface area contributed by atoms with Crippen LogP contribution in [0.5, 0.6) is 11.5 Å². The van der Waals surface area contributed by atoms with Gasteiger partial charge in [-0.15, -0.1) is 0 Å². The van der Waals surface area contributed by atoms with Gasteiger partial charge in [0.2, 0.25) is 0 Å². The van der Waals surface area contributed by atoms with Crippen LogP contribution in [-0.4, -0.2) is 41.7 Å². The lowest BCUT2D eigenvalue weighted by molar-refractivity contribution is -0.0964. The minimum absolute atomic E-state index is 0.0830. The van der Waals surface area contributed by atoms with Crippen molar-refractivity contribution in [2.75, 3.05) is 18.1 Å². The summed E-state index contributed by atoms with van der Waals surface area (Å²) in [6, 6.07) is 11.0. The molecule has 2 aliphatic heterocycles. The van der Waals surface area contributed by atoms with E-state index in [2.05, 4.69) is 0 Å². The Kier molecular flexibility index (Phi) is 3.45. The van der Waals surface area contributed by atoms with Gasteiger partial charge in [-0.25, -0.2) is 4.39 Å². The van der Waals surface area contributed by atoms with E-state index in [9.17, 15) is 14.6 Å². The number of hydrogen-bond donors (Lipinski definition) is 2. The Labute approximate surface area is 132 Å². The number of aliphatic hydroxyl groups excluding tert-OH is 2. The number of rotatable bonds is 1. The van der Waals surface area contributed by atoms with E-state index in [-0.39, 0.29) is 13.2 Å². The maximum Gasteiger partial charge on any atom is 0.151 e. The molecule has 2 heterocycles. The first-order valence-electron chi connectivity index (χ1n) is 7.44. The molecule has 0 saturated carbocycles. The highest BCUT2D eigenvalue weighted by atomic mass is 19.1. The van der Waals surface area contributed by atoms with E-state index in [0.29, 0.717) is 22.9 Å². The number of nitrogens with zero attached hydrogens (tertiary/aromatic N) is 1. The van der Waals surface area contributed by atoms with E-state index in [4.69, 9.17) is 9.47 Å². The van der Waals surface area contributed by atoms with Crippen LogP contribution in [0, 0.1) is 5.82 Å². The van der Waals surface area contributed by atoms with Crippen LogP contribution < -0.4 is 9.64 Å². The van der Waals surface area contributed by atoms with Gasteiger partial charge in [-0.05, 0) is 24.3 Å². The monoisotopic (exact) mass is 317 g/mol. The summed E-state index contributed by atoms with van der Waals surface area (Å²) in [5.74, 6) is 0.708. The van der Waals surface area contributed by atoms with Crippen LogP contribution in [0.25, 0.3) is 0 Å². The van der Waals surface area contributed by atoms with Crippen LogP contribution in [0.3, 0.4) is 0 Å². The van der Waals surface area contributed by atoms with Crippen LogP contribution >= 0.6 is 0 Å². The Morgan fingerprint density at radius 2 is 1.78 bits per heavy atom. The molecule has 3 atom stereocenters. The molecular formula is C17H16FNO4. The number of halogens is 1. The van der Waals surface area contributed by atoms with Crippen LogP contribution in [0.4, 0.5) is 15.8 Å². The van der Waals surface area contributed by atoms with Crippen molar-refractivity contribution in [3.8, 4) is 11.5 Å². The molecule has 2 aromatic carbocycles. The van der Waals surface area contributed by atoms with E-state index < -0.39 is 24.1 Å². The van der Waals surface area contributed by atoms with Gasteiger partial charge in [-0.1, -0.05) is 12.1 Å². The zero-order valence-corrected chi connectivity index (χ0v) is 12.2. The van der Waals surface area contributed by atoms with E-state index in [1.165, 1.54) is 12.1 Å². The summed E-state index contributed by atoms with van der Waals surface area (Å²) >= 11 is 0. The lowest BCUT2D eigenvalue weighted by Crippen LogP contribution is -2.55. The molecular weight excluding hydrogens is 301 g/mol. The predicted molar refractivity (Wildman–Crippen MR) is 81.7 cm³/mol. The fraction of sp³-hybridized carbons (Fsp3) is 0.294. The van der Waals surface area contributed by atoms with Crippen molar-refractivity contribution < 1.29 is 24.1 Å². The standard InChI is InChI=1S/C17H16FNO4/c18-10-5-6-16-12(7-10)19(11-3-1-2-4-15(11)23-16)13-8-22-9-14(20)17(13)21/h1-7,13-14,17,20-21H,8-9H2/t13-,14?,17?/m0/s1. The minimum Gasteiger partial charge on any atom is -0.453 e. The molecule has 0 amide bonds. The first kappa shape index (κ1) is 14.4. The first-order valence-corrected chi connectivity index (χ1v) is 7.44. The predicted octanol–water partition coefficient (Wildman–Crippen LogP) is 2.19. The summed E-state index contributed by atoms with van der Waals surface area (Å²) in [6.07, 6.45) is -1.99. The van der Waals surface area contributed by atoms with Gasteiger partial charge in [0, 0.05) is 6.07 Å². The summed E-state index contributed by atoms with van der Waals surface area (Å²) in [4.78, 5) is 1.78. The van der Waals surface area contributed by atoms with Crippen molar-refractivity contribution >= 4 is 11.4 Å². The van der Waals surface area contributed by atoms with Crippen molar-refractivity contribution in [3.05, 3.63) is 48.3 Å². The van der Waals surface area contributed by atoms with E-state index in [1.807, 2.05) is 18.2 Å². The average molecular weight is 317 g/mol. The zero-order valence-electron chi connectivity index (χ0n) is 12.2. The number of para-hydroxylation sites is 2. The third-order valence-corrected chi connectivity index (χ3v) is 4.22. The molecule has 2 aromatic rings. The molecule has 120 valence electrons. The molecule has 0 radical (unpaired) electrons. The minimum atomic E-state index is -1.01. The summed E-state index contributed by atoms with van der Waals surface area (Å²) in [6.45, 7) is 0.308. The van der Waals surface area contributed by atoms with Gasteiger partial charge < -0.3 is 24.6 Å². The molecule has 2 N–H and O–H groups in total. The number of hydrogen-bond acceptors (Lipinski definition) is 5. The molecule has 0 bridgehead atoms. The second-order valence-electron chi connectivity index (χ2n) is 5.71. The molecule has 1 fully saturated rings. The molecule has 23 heavy (non-hydrogen) atoms. The molecule has 4 rings (SSSR count). The van der Waals surface area contributed by atoms with Crippen LogP contribution in [0.2, 0.25) is 0 Å². The number of aliphatic hydroxyl groups is 2. The Bertz CT molecular complexity index is 738. The second kappa shape index (κ2) is 5.49. The highest BCUT2D eigenvalue weighted by molar-refractivity contribution is 5.78. The zero-order chi connectivity index (χ0) is 16.0. The maximum atomic E-state index is 13.8. The highest BCUT2D eigenvalue weighted by Gasteiger charge is 2.39. The Morgan fingerprint density at radius 3 is 2.65 bits per heavy atom. The van der Waals surface area contributed by atoms with Gasteiger partial charge in [-0.3, -0.25) is 0 Å². The normalized spacial score (nSPS) is 26.2. The van der Waals surface area contributed by atoms with Crippen molar-refractivity contribution in [3.63, 3.8) is 0 Å². The molecule has 0 spiro atoms. The SMILES string of the molecule is OC1COC[C@H](N2c3ccccc3Oc3ccc(F)cc32)C1O. The quantitative estimate of drug-likeness (QED) is 0.844. The van der Waals surface area contributed by atoms with Gasteiger partial charge in [0.05, 0.1) is 30.6 Å². The largest absolute Gasteiger partial charge is 0.453 e.